The minimum atomic E-state index is -1.09. The molecule has 0 aliphatic heterocycles. The highest BCUT2D eigenvalue weighted by Gasteiger charge is 2.23. The normalized spacial score (nSPS) is 11.6. The molecule has 1 aromatic rings. The van der Waals surface area contributed by atoms with E-state index in [4.69, 9.17) is 9.84 Å². The van der Waals surface area contributed by atoms with E-state index in [1.165, 1.54) is 12.5 Å². The molecule has 0 radical (unpaired) electrons. The Balaban J connectivity index is 2.23. The fourth-order valence-electron chi connectivity index (χ4n) is 1.70. The van der Waals surface area contributed by atoms with Gasteiger partial charge in [-0.05, 0) is 12.8 Å². The summed E-state index contributed by atoms with van der Waals surface area (Å²) in [6.45, 7) is -0.00156. The Morgan fingerprint density at radius 1 is 1.41 bits per heavy atom. The molecular weight excluding hydrogens is 298 g/mol. The van der Waals surface area contributed by atoms with Crippen molar-refractivity contribution in [3.63, 3.8) is 0 Å². The molecule has 0 amide bonds. The van der Waals surface area contributed by atoms with E-state index < -0.39 is 22.9 Å². The molecule has 2 N–H and O–H groups in total. The van der Waals surface area contributed by atoms with Gasteiger partial charge in [-0.3, -0.25) is 9.59 Å². The second-order valence-electron chi connectivity index (χ2n) is 4.50. The van der Waals surface area contributed by atoms with Crippen molar-refractivity contribution in [2.75, 3.05) is 13.2 Å². The van der Waals surface area contributed by atoms with Gasteiger partial charge in [-0.15, -0.1) is 10.1 Å². The molecule has 0 aromatic carbocycles. The largest absolute Gasteiger partial charge is 0.481 e. The van der Waals surface area contributed by atoms with Gasteiger partial charge in [0.1, 0.15) is 0 Å². The second-order valence-corrected chi connectivity index (χ2v) is 4.50. The summed E-state index contributed by atoms with van der Waals surface area (Å²) in [5.41, 5.74) is 0.622. The Bertz CT molecular complexity index is 489. The number of esters is 1. The highest BCUT2D eigenvalue weighted by molar-refractivity contribution is 5.78. The van der Waals surface area contributed by atoms with Crippen LogP contribution in [-0.2, 0) is 25.6 Å². The van der Waals surface area contributed by atoms with Crippen molar-refractivity contribution >= 4 is 11.9 Å². The number of aromatic amines is 1. The van der Waals surface area contributed by atoms with Crippen LogP contribution in [0.25, 0.3) is 0 Å². The maximum absolute atomic E-state index is 11.6. The molecule has 0 fully saturated rings. The number of hydrogen-bond acceptors (Lipinski definition) is 7. The Morgan fingerprint density at radius 2 is 2.14 bits per heavy atom. The number of aliphatic carboxylic acids is 1. The third-order valence-electron chi connectivity index (χ3n) is 2.78. The highest BCUT2D eigenvalue weighted by Crippen LogP contribution is 2.12. The standard InChI is InChI=1S/C12H17N3O7/c16-11(21-3-1-2-4-22-15(19)20)6-9(12(17)18)5-10-7-13-8-14-10/h7-9H,1-6H2,(H,13,14)(H,17,18). The Labute approximate surface area is 125 Å². The molecule has 1 atom stereocenters. The van der Waals surface area contributed by atoms with Crippen molar-refractivity contribution < 1.29 is 29.4 Å². The lowest BCUT2D eigenvalue weighted by atomic mass is 10.00. The first-order valence-electron chi connectivity index (χ1n) is 6.62. The molecule has 1 aromatic heterocycles. The van der Waals surface area contributed by atoms with Crippen LogP contribution >= 0.6 is 0 Å². The summed E-state index contributed by atoms with van der Waals surface area (Å²) in [4.78, 5) is 43.2. The number of imidazole rings is 1. The molecule has 0 saturated carbocycles. The molecule has 122 valence electrons. The smallest absolute Gasteiger partial charge is 0.307 e. The van der Waals surface area contributed by atoms with Gasteiger partial charge in [-0.25, -0.2) is 4.98 Å². The zero-order valence-electron chi connectivity index (χ0n) is 11.8. The van der Waals surface area contributed by atoms with Crippen molar-refractivity contribution in [2.24, 2.45) is 5.92 Å². The third-order valence-corrected chi connectivity index (χ3v) is 2.78. The quantitative estimate of drug-likeness (QED) is 0.261. The molecule has 1 unspecified atom stereocenters. The number of H-pyrrole nitrogens is 1. The van der Waals surface area contributed by atoms with E-state index in [-0.39, 0.29) is 26.1 Å². The van der Waals surface area contributed by atoms with Gasteiger partial charge in [0, 0.05) is 18.3 Å². The molecule has 0 bridgehead atoms. The van der Waals surface area contributed by atoms with Crippen molar-refractivity contribution in [3.05, 3.63) is 28.3 Å². The topological polar surface area (TPSA) is 145 Å². The van der Waals surface area contributed by atoms with Gasteiger partial charge in [0.15, 0.2) is 0 Å². The van der Waals surface area contributed by atoms with Crippen LogP contribution in [0.2, 0.25) is 0 Å². The van der Waals surface area contributed by atoms with Crippen LogP contribution < -0.4 is 0 Å². The fourth-order valence-corrected chi connectivity index (χ4v) is 1.70. The monoisotopic (exact) mass is 315 g/mol. The van der Waals surface area contributed by atoms with Crippen molar-refractivity contribution in [1.29, 1.82) is 0 Å². The van der Waals surface area contributed by atoms with Crippen LogP contribution in [-0.4, -0.2) is 45.3 Å². The first kappa shape index (κ1) is 17.4. The molecule has 1 rings (SSSR count). The first-order chi connectivity index (χ1) is 10.5. The number of carbonyl (C=O) groups is 2. The van der Waals surface area contributed by atoms with E-state index in [1.54, 1.807) is 0 Å². The lowest BCUT2D eigenvalue weighted by Gasteiger charge is -2.11. The van der Waals surface area contributed by atoms with Gasteiger partial charge in [-0.2, -0.15) is 0 Å². The SMILES string of the molecule is O=C(CC(Cc1cnc[nH]1)C(=O)O)OCCCCO[N+](=O)[O-]. The Kier molecular flexibility index (Phi) is 7.37. The van der Waals surface area contributed by atoms with E-state index >= 15 is 0 Å². The number of rotatable bonds is 11. The lowest BCUT2D eigenvalue weighted by molar-refractivity contribution is -0.757. The summed E-state index contributed by atoms with van der Waals surface area (Å²) in [6, 6.07) is 0. The van der Waals surface area contributed by atoms with Crippen molar-refractivity contribution in [3.8, 4) is 0 Å². The number of ether oxygens (including phenoxy) is 1. The van der Waals surface area contributed by atoms with Crippen LogP contribution in [0.3, 0.4) is 0 Å². The van der Waals surface area contributed by atoms with Gasteiger partial charge in [0.25, 0.3) is 5.09 Å². The van der Waals surface area contributed by atoms with E-state index in [9.17, 15) is 19.7 Å². The molecule has 22 heavy (non-hydrogen) atoms. The predicted octanol–water partition coefficient (Wildman–Crippen LogP) is 0.575. The van der Waals surface area contributed by atoms with Crippen molar-refractivity contribution in [2.45, 2.75) is 25.7 Å². The molecule has 0 aliphatic carbocycles. The summed E-state index contributed by atoms with van der Waals surface area (Å²) in [5.74, 6) is -2.61. The first-order valence-corrected chi connectivity index (χ1v) is 6.62. The number of carboxylic acid groups (broad SMARTS) is 1. The van der Waals surface area contributed by atoms with Crippen LogP contribution in [0.1, 0.15) is 25.0 Å². The highest BCUT2D eigenvalue weighted by atomic mass is 16.9. The fraction of sp³-hybridized carbons (Fsp3) is 0.583. The minimum absolute atomic E-state index is 0.0658. The number of aromatic nitrogens is 2. The average molecular weight is 315 g/mol. The third kappa shape index (κ3) is 7.22. The molecular formula is C12H17N3O7. The summed E-state index contributed by atoms with van der Waals surface area (Å²) in [5, 5.41) is 18.1. The number of hydrogen-bond donors (Lipinski definition) is 2. The van der Waals surface area contributed by atoms with Gasteiger partial charge in [0.05, 0.1) is 31.9 Å². The van der Waals surface area contributed by atoms with Gasteiger partial charge < -0.3 is 19.7 Å². The minimum Gasteiger partial charge on any atom is -0.481 e. The van der Waals surface area contributed by atoms with Gasteiger partial charge in [-0.1, -0.05) is 0 Å². The Hall–Kier alpha value is -2.65. The summed E-state index contributed by atoms with van der Waals surface area (Å²) >= 11 is 0. The van der Waals surface area contributed by atoms with E-state index in [2.05, 4.69) is 14.8 Å². The maximum Gasteiger partial charge on any atom is 0.307 e. The van der Waals surface area contributed by atoms with Crippen LogP contribution in [0.4, 0.5) is 0 Å². The van der Waals surface area contributed by atoms with Gasteiger partial charge >= 0.3 is 11.9 Å². The van der Waals surface area contributed by atoms with Crippen LogP contribution in [0.5, 0.6) is 0 Å². The number of carboxylic acids is 1. The van der Waals surface area contributed by atoms with Gasteiger partial charge in [0.2, 0.25) is 0 Å². The van der Waals surface area contributed by atoms with Crippen molar-refractivity contribution in [1.82, 2.24) is 9.97 Å². The molecule has 1 heterocycles. The molecule has 0 spiro atoms. The average Bonchev–Trinajstić information content (AvgIpc) is 2.94. The Morgan fingerprint density at radius 3 is 2.73 bits per heavy atom. The molecule has 10 heteroatoms. The maximum atomic E-state index is 11.6. The summed E-state index contributed by atoms with van der Waals surface area (Å²) in [6.07, 6.45) is 3.60. The molecule has 10 nitrogen and oxygen atoms in total. The van der Waals surface area contributed by atoms with E-state index in [0.29, 0.717) is 18.5 Å². The van der Waals surface area contributed by atoms with Crippen LogP contribution in [0, 0.1) is 16.0 Å². The number of nitrogens with zero attached hydrogens (tertiary/aromatic N) is 2. The number of nitrogens with one attached hydrogen (secondary N) is 1. The number of unbranched alkanes of at least 4 members (excludes halogenated alkanes) is 1. The van der Waals surface area contributed by atoms with E-state index in [1.807, 2.05) is 0 Å². The summed E-state index contributed by atoms with van der Waals surface area (Å²) in [7, 11) is 0. The lowest BCUT2D eigenvalue weighted by Crippen LogP contribution is -2.22. The second kappa shape index (κ2) is 9.32. The molecule has 0 aliphatic rings. The van der Waals surface area contributed by atoms with E-state index in [0.717, 1.165) is 0 Å². The zero-order chi connectivity index (χ0) is 16.4. The number of carbonyl (C=O) groups excluding carboxylic acids is 1. The summed E-state index contributed by atoms with van der Waals surface area (Å²) < 4.78 is 4.90. The predicted molar refractivity (Wildman–Crippen MR) is 71.2 cm³/mol. The molecule has 0 saturated heterocycles. The van der Waals surface area contributed by atoms with Crippen LogP contribution in [0.15, 0.2) is 12.5 Å². The zero-order valence-corrected chi connectivity index (χ0v) is 11.8.